The molecule has 1 aromatic heterocycles. The molecule has 54 valence electrons. The first kappa shape index (κ1) is 7.10. The molecule has 0 bridgehead atoms. The second kappa shape index (κ2) is 3.23. The maximum absolute atomic E-state index is 4.80. The van der Waals surface area contributed by atoms with Crippen LogP contribution in [0.4, 0.5) is 0 Å². The van der Waals surface area contributed by atoms with Crippen molar-refractivity contribution in [3.8, 4) is 0 Å². The number of H-pyrrole nitrogens is 1. The molecular formula is C4H6N4OS. The van der Waals surface area contributed by atoms with E-state index in [1.54, 1.807) is 0 Å². The van der Waals surface area contributed by atoms with Crippen molar-refractivity contribution < 1.29 is 4.84 Å². The van der Waals surface area contributed by atoms with Gasteiger partial charge in [0.1, 0.15) is 6.33 Å². The van der Waals surface area contributed by atoms with E-state index >= 15 is 0 Å². The van der Waals surface area contributed by atoms with Crippen molar-refractivity contribution in [2.75, 3.05) is 7.11 Å². The largest absolute Gasteiger partial charge is 0.279 e. The fraction of sp³-hybridized carbons (Fsp3) is 0.250. The minimum Gasteiger partial charge on any atom is -0.279 e. The lowest BCUT2D eigenvalue weighted by Crippen LogP contribution is -2.21. The molecule has 0 unspecified atom stereocenters. The molecule has 0 radical (unpaired) electrons. The molecule has 5 nitrogen and oxygen atoms in total. The zero-order valence-electron chi connectivity index (χ0n) is 5.29. The predicted molar refractivity (Wildman–Crippen MR) is 38.2 cm³/mol. The van der Waals surface area contributed by atoms with Gasteiger partial charge in [0.15, 0.2) is 10.8 Å². The van der Waals surface area contributed by atoms with Gasteiger partial charge in [-0.2, -0.15) is 5.10 Å². The van der Waals surface area contributed by atoms with Crippen molar-refractivity contribution in [2.24, 2.45) is 0 Å². The molecular weight excluding hydrogens is 152 g/mol. The molecule has 0 aliphatic carbocycles. The molecule has 0 saturated carbocycles. The molecule has 6 heteroatoms. The Balaban J connectivity index is 2.59. The SMILES string of the molecule is CONC(=S)c1ncn[nH]1. The summed E-state index contributed by atoms with van der Waals surface area (Å²) in [6, 6.07) is 0. The summed E-state index contributed by atoms with van der Waals surface area (Å²) >= 11 is 4.80. The van der Waals surface area contributed by atoms with Gasteiger partial charge in [-0.15, -0.1) is 0 Å². The highest BCUT2D eigenvalue weighted by atomic mass is 32.1. The number of hydrogen-bond donors (Lipinski definition) is 2. The first-order valence-electron chi connectivity index (χ1n) is 2.53. The van der Waals surface area contributed by atoms with E-state index in [0.717, 1.165) is 0 Å². The maximum atomic E-state index is 4.80. The molecule has 0 amide bonds. The third-order valence-corrected chi connectivity index (χ3v) is 1.10. The smallest absolute Gasteiger partial charge is 0.185 e. The van der Waals surface area contributed by atoms with Gasteiger partial charge in [-0.1, -0.05) is 12.2 Å². The molecule has 10 heavy (non-hydrogen) atoms. The number of hydrogen-bond acceptors (Lipinski definition) is 4. The minimum atomic E-state index is 0.389. The van der Waals surface area contributed by atoms with Gasteiger partial charge in [-0.25, -0.2) is 4.98 Å². The van der Waals surface area contributed by atoms with Gasteiger partial charge in [0.05, 0.1) is 7.11 Å². The lowest BCUT2D eigenvalue weighted by molar-refractivity contribution is 0.146. The van der Waals surface area contributed by atoms with Crippen molar-refractivity contribution in [3.05, 3.63) is 12.2 Å². The van der Waals surface area contributed by atoms with Gasteiger partial charge in [0.2, 0.25) is 0 Å². The van der Waals surface area contributed by atoms with Crippen LogP contribution in [-0.4, -0.2) is 27.3 Å². The molecule has 0 atom stereocenters. The van der Waals surface area contributed by atoms with Crippen molar-refractivity contribution in [1.82, 2.24) is 20.7 Å². The second-order valence-corrected chi connectivity index (χ2v) is 1.88. The molecule has 1 heterocycles. The zero-order valence-corrected chi connectivity index (χ0v) is 6.10. The molecule has 1 rings (SSSR count). The number of nitrogens with one attached hydrogen (secondary N) is 2. The van der Waals surface area contributed by atoms with Gasteiger partial charge in [-0.3, -0.25) is 15.4 Å². The van der Waals surface area contributed by atoms with E-state index in [1.807, 2.05) is 0 Å². The second-order valence-electron chi connectivity index (χ2n) is 1.47. The topological polar surface area (TPSA) is 62.8 Å². The quantitative estimate of drug-likeness (QED) is 0.454. The Morgan fingerprint density at radius 3 is 3.20 bits per heavy atom. The molecule has 1 aromatic rings. The minimum absolute atomic E-state index is 0.389. The Morgan fingerprint density at radius 1 is 1.90 bits per heavy atom. The van der Waals surface area contributed by atoms with Crippen LogP contribution in [0.15, 0.2) is 6.33 Å². The summed E-state index contributed by atoms with van der Waals surface area (Å²) in [6.45, 7) is 0. The average Bonchev–Trinajstić information content (AvgIpc) is 2.38. The fourth-order valence-corrected chi connectivity index (χ4v) is 0.638. The Bertz CT molecular complexity index is 209. The van der Waals surface area contributed by atoms with Gasteiger partial charge in [0.25, 0.3) is 0 Å². The molecule has 0 spiro atoms. The molecule has 0 aromatic carbocycles. The highest BCUT2D eigenvalue weighted by Crippen LogP contribution is 1.85. The Kier molecular flexibility index (Phi) is 2.30. The third-order valence-electron chi connectivity index (χ3n) is 0.825. The zero-order chi connectivity index (χ0) is 7.40. The summed E-state index contributed by atoms with van der Waals surface area (Å²) in [4.78, 5) is 8.72. The van der Waals surface area contributed by atoms with Crippen LogP contribution >= 0.6 is 12.2 Å². The first-order valence-corrected chi connectivity index (χ1v) is 2.94. The standard InChI is InChI=1S/C4H6N4OS/c1-9-8-4(10)3-5-2-6-7-3/h2H,1H3,(H,8,10)(H,5,6,7). The van der Waals surface area contributed by atoms with E-state index in [0.29, 0.717) is 10.8 Å². The number of rotatable bonds is 2. The van der Waals surface area contributed by atoms with Crippen LogP contribution in [0.1, 0.15) is 5.82 Å². The van der Waals surface area contributed by atoms with Crippen molar-refractivity contribution in [3.63, 3.8) is 0 Å². The van der Waals surface area contributed by atoms with Crippen molar-refractivity contribution >= 4 is 17.2 Å². The summed E-state index contributed by atoms with van der Waals surface area (Å²) < 4.78 is 0. The monoisotopic (exact) mass is 158 g/mol. The van der Waals surface area contributed by atoms with Crippen LogP contribution in [0.25, 0.3) is 0 Å². The molecule has 0 aliphatic rings. The first-order chi connectivity index (χ1) is 4.84. The molecule has 0 saturated heterocycles. The van der Waals surface area contributed by atoms with Gasteiger partial charge in [-0.05, 0) is 0 Å². The van der Waals surface area contributed by atoms with Crippen molar-refractivity contribution in [1.29, 1.82) is 0 Å². The van der Waals surface area contributed by atoms with Gasteiger partial charge < -0.3 is 0 Å². The Morgan fingerprint density at radius 2 is 2.70 bits per heavy atom. The maximum Gasteiger partial charge on any atom is 0.185 e. The van der Waals surface area contributed by atoms with Crippen LogP contribution in [0.2, 0.25) is 0 Å². The molecule has 2 N–H and O–H groups in total. The fourth-order valence-electron chi connectivity index (χ4n) is 0.456. The van der Waals surface area contributed by atoms with Crippen LogP contribution in [-0.2, 0) is 4.84 Å². The van der Waals surface area contributed by atoms with E-state index in [4.69, 9.17) is 12.2 Å². The summed E-state index contributed by atoms with van der Waals surface area (Å²) in [7, 11) is 1.47. The van der Waals surface area contributed by atoms with E-state index in [-0.39, 0.29) is 0 Å². The normalized spacial score (nSPS) is 9.30. The van der Waals surface area contributed by atoms with E-state index in [2.05, 4.69) is 25.5 Å². The van der Waals surface area contributed by atoms with Crippen LogP contribution in [0, 0.1) is 0 Å². The highest BCUT2D eigenvalue weighted by molar-refractivity contribution is 7.80. The average molecular weight is 158 g/mol. The van der Waals surface area contributed by atoms with E-state index in [1.165, 1.54) is 13.4 Å². The number of hydroxylamine groups is 1. The summed E-state index contributed by atoms with van der Waals surface area (Å²) in [5.41, 5.74) is 2.45. The number of aromatic nitrogens is 3. The van der Waals surface area contributed by atoms with E-state index in [9.17, 15) is 0 Å². The van der Waals surface area contributed by atoms with Crippen LogP contribution in [0.5, 0.6) is 0 Å². The number of aromatic amines is 1. The van der Waals surface area contributed by atoms with Gasteiger partial charge >= 0.3 is 0 Å². The molecule has 0 fully saturated rings. The number of nitrogens with zero attached hydrogens (tertiary/aromatic N) is 2. The third kappa shape index (κ3) is 1.49. The van der Waals surface area contributed by atoms with Crippen LogP contribution in [0.3, 0.4) is 0 Å². The summed E-state index contributed by atoms with van der Waals surface area (Å²) in [6.07, 6.45) is 1.37. The predicted octanol–water partition coefficient (Wildman–Crippen LogP) is -0.369. The Hall–Kier alpha value is -1.01. The molecule has 0 aliphatic heterocycles. The lowest BCUT2D eigenvalue weighted by Gasteiger charge is -1.98. The summed E-state index contributed by atoms with van der Waals surface area (Å²) in [5, 5.41) is 6.18. The van der Waals surface area contributed by atoms with Crippen LogP contribution < -0.4 is 5.48 Å². The summed E-state index contributed by atoms with van der Waals surface area (Å²) in [5.74, 6) is 0.497. The van der Waals surface area contributed by atoms with Gasteiger partial charge in [0, 0.05) is 0 Å². The lowest BCUT2D eigenvalue weighted by atomic mass is 10.6. The Labute approximate surface area is 62.8 Å². The van der Waals surface area contributed by atoms with Crippen molar-refractivity contribution in [2.45, 2.75) is 0 Å². The highest BCUT2D eigenvalue weighted by Gasteiger charge is 2.00. The number of thiocarbonyl (C=S) groups is 1. The van der Waals surface area contributed by atoms with E-state index < -0.39 is 0 Å².